The molecule has 0 saturated heterocycles. The molecule has 1 heterocycles. The van der Waals surface area contributed by atoms with Gasteiger partial charge in [-0.15, -0.1) is 0 Å². The van der Waals surface area contributed by atoms with Crippen LogP contribution in [-0.2, 0) is 20.7 Å². The van der Waals surface area contributed by atoms with Gasteiger partial charge in [-0.2, -0.15) is 0 Å². The fourth-order valence-corrected chi connectivity index (χ4v) is 3.19. The first-order valence-corrected chi connectivity index (χ1v) is 9.10. The van der Waals surface area contributed by atoms with Crippen LogP contribution in [0, 0.1) is 10.1 Å². The van der Waals surface area contributed by atoms with E-state index in [9.17, 15) is 19.7 Å². The predicted molar refractivity (Wildman–Crippen MR) is 110 cm³/mol. The van der Waals surface area contributed by atoms with Crippen LogP contribution in [0.15, 0.2) is 71.1 Å². The predicted octanol–water partition coefficient (Wildman–Crippen LogP) is 4.22. The smallest absolute Gasteiger partial charge is 0.311 e. The van der Waals surface area contributed by atoms with Crippen LogP contribution in [0.3, 0.4) is 0 Å². The van der Waals surface area contributed by atoms with Gasteiger partial charge in [0, 0.05) is 28.1 Å². The summed E-state index contributed by atoms with van der Waals surface area (Å²) in [5.41, 5.74) is 2.04. The minimum atomic E-state index is -0.726. The number of hydrogen-bond acceptors (Lipinski definition) is 6. The van der Waals surface area contributed by atoms with Crippen LogP contribution in [0.1, 0.15) is 5.56 Å². The monoisotopic (exact) mass is 404 g/mol. The summed E-state index contributed by atoms with van der Waals surface area (Å²) in [4.78, 5) is 34.6. The fraction of sp³-hybridized carbons (Fsp3) is 0.0909. The second kappa shape index (κ2) is 8.04. The van der Waals surface area contributed by atoms with Crippen molar-refractivity contribution in [3.63, 3.8) is 0 Å². The molecular weight excluding hydrogens is 388 g/mol. The average molecular weight is 404 g/mol. The molecule has 150 valence electrons. The van der Waals surface area contributed by atoms with Gasteiger partial charge in [0.05, 0.1) is 11.3 Å². The van der Waals surface area contributed by atoms with Crippen LogP contribution in [0.25, 0.3) is 21.9 Å². The van der Waals surface area contributed by atoms with Crippen molar-refractivity contribution in [2.24, 2.45) is 0 Å². The van der Waals surface area contributed by atoms with Gasteiger partial charge in [-0.25, -0.2) is 0 Å². The summed E-state index contributed by atoms with van der Waals surface area (Å²) in [6.07, 6.45) is -0.294. The number of carbonyl (C=O) groups is 2. The molecule has 0 radical (unpaired) electrons. The number of benzene rings is 3. The number of nitrogens with zero attached hydrogens (tertiary/aromatic N) is 1. The summed E-state index contributed by atoms with van der Waals surface area (Å²) in [5, 5.41) is 15.5. The van der Waals surface area contributed by atoms with Crippen molar-refractivity contribution >= 4 is 45.2 Å². The zero-order valence-corrected chi connectivity index (χ0v) is 15.7. The maximum Gasteiger partial charge on any atom is 0.311 e. The zero-order chi connectivity index (χ0) is 21.1. The van der Waals surface area contributed by atoms with Crippen molar-refractivity contribution in [2.75, 3.05) is 11.9 Å². The SMILES string of the molecule is O=C(COC(=O)Cc1ccccc1[N+](=O)[O-])Nc1ccc2oc3ccccc3c2c1. The average Bonchev–Trinajstić information content (AvgIpc) is 3.10. The van der Waals surface area contributed by atoms with Gasteiger partial charge >= 0.3 is 5.97 Å². The number of nitro benzene ring substituents is 1. The molecule has 0 aliphatic rings. The van der Waals surface area contributed by atoms with Gasteiger partial charge in [-0.1, -0.05) is 36.4 Å². The van der Waals surface area contributed by atoms with Crippen LogP contribution in [-0.4, -0.2) is 23.4 Å². The van der Waals surface area contributed by atoms with Gasteiger partial charge in [-0.05, 0) is 24.3 Å². The highest BCUT2D eigenvalue weighted by Gasteiger charge is 2.17. The second-order valence-electron chi connectivity index (χ2n) is 6.58. The van der Waals surface area contributed by atoms with Crippen molar-refractivity contribution in [1.82, 2.24) is 0 Å². The largest absolute Gasteiger partial charge is 0.456 e. The Hall–Kier alpha value is -4.20. The third-order valence-electron chi connectivity index (χ3n) is 4.55. The van der Waals surface area contributed by atoms with Crippen molar-refractivity contribution in [1.29, 1.82) is 0 Å². The number of amides is 1. The lowest BCUT2D eigenvalue weighted by Crippen LogP contribution is -2.21. The number of carbonyl (C=O) groups excluding carboxylic acids is 2. The van der Waals surface area contributed by atoms with Crippen LogP contribution in [0.4, 0.5) is 11.4 Å². The second-order valence-corrected chi connectivity index (χ2v) is 6.58. The van der Waals surface area contributed by atoms with E-state index in [4.69, 9.17) is 9.15 Å². The van der Waals surface area contributed by atoms with E-state index < -0.39 is 23.4 Å². The molecule has 0 saturated carbocycles. The molecule has 0 aliphatic carbocycles. The molecule has 1 amide bonds. The summed E-state index contributed by atoms with van der Waals surface area (Å²) in [7, 11) is 0. The molecule has 0 unspecified atom stereocenters. The zero-order valence-electron chi connectivity index (χ0n) is 15.7. The Balaban J connectivity index is 1.38. The molecule has 0 spiro atoms. The number of fused-ring (bicyclic) bond motifs is 3. The minimum absolute atomic E-state index is 0.167. The van der Waals surface area contributed by atoms with Gasteiger partial charge in [0.1, 0.15) is 11.2 Å². The summed E-state index contributed by atoms with van der Waals surface area (Å²) in [6, 6.07) is 18.7. The maximum absolute atomic E-state index is 12.2. The van der Waals surface area contributed by atoms with Crippen LogP contribution in [0.2, 0.25) is 0 Å². The highest BCUT2D eigenvalue weighted by atomic mass is 16.6. The highest BCUT2D eigenvalue weighted by molar-refractivity contribution is 6.07. The Morgan fingerprint density at radius 2 is 1.70 bits per heavy atom. The topological polar surface area (TPSA) is 112 Å². The molecule has 0 bridgehead atoms. The molecule has 0 atom stereocenters. The summed E-state index contributed by atoms with van der Waals surface area (Å²) >= 11 is 0. The van der Waals surface area contributed by atoms with Gasteiger partial charge in [0.15, 0.2) is 6.61 Å². The Kier molecular flexibility index (Phi) is 5.13. The lowest BCUT2D eigenvalue weighted by Gasteiger charge is -2.07. The molecule has 8 heteroatoms. The molecule has 0 fully saturated rings. The van der Waals surface area contributed by atoms with E-state index in [2.05, 4.69) is 5.32 Å². The normalized spacial score (nSPS) is 10.8. The van der Waals surface area contributed by atoms with Crippen molar-refractivity contribution in [2.45, 2.75) is 6.42 Å². The standard InChI is InChI=1S/C22H16N2O6/c25-21(13-29-22(26)11-14-5-1-3-7-18(14)24(27)28)23-15-9-10-20-17(12-15)16-6-2-4-8-19(16)30-20/h1-10,12H,11,13H2,(H,23,25). The molecular formula is C22H16N2O6. The Morgan fingerprint density at radius 1 is 0.967 bits per heavy atom. The van der Waals surface area contributed by atoms with E-state index in [-0.39, 0.29) is 17.7 Å². The fourth-order valence-electron chi connectivity index (χ4n) is 3.19. The van der Waals surface area contributed by atoms with Crippen molar-refractivity contribution < 1.29 is 23.7 Å². The highest BCUT2D eigenvalue weighted by Crippen LogP contribution is 2.30. The Morgan fingerprint density at radius 3 is 2.53 bits per heavy atom. The number of para-hydroxylation sites is 2. The summed E-state index contributed by atoms with van der Waals surface area (Å²) < 4.78 is 10.7. The van der Waals surface area contributed by atoms with E-state index in [0.29, 0.717) is 11.3 Å². The van der Waals surface area contributed by atoms with Crippen LogP contribution < -0.4 is 5.32 Å². The van der Waals surface area contributed by atoms with Gasteiger partial charge in [0.25, 0.3) is 11.6 Å². The number of furan rings is 1. The molecule has 0 aliphatic heterocycles. The van der Waals surface area contributed by atoms with Gasteiger partial charge < -0.3 is 14.5 Å². The van der Waals surface area contributed by atoms with Crippen molar-refractivity contribution in [3.05, 3.63) is 82.4 Å². The van der Waals surface area contributed by atoms with E-state index >= 15 is 0 Å². The molecule has 1 N–H and O–H groups in total. The summed E-state index contributed by atoms with van der Waals surface area (Å²) in [6.45, 7) is -0.496. The number of anilines is 1. The molecule has 4 rings (SSSR count). The first kappa shape index (κ1) is 19.1. The molecule has 8 nitrogen and oxygen atoms in total. The van der Waals surface area contributed by atoms with E-state index in [0.717, 1.165) is 16.4 Å². The summed E-state index contributed by atoms with van der Waals surface area (Å²) in [5.74, 6) is -1.24. The lowest BCUT2D eigenvalue weighted by molar-refractivity contribution is -0.385. The van der Waals surface area contributed by atoms with Gasteiger partial charge in [0.2, 0.25) is 0 Å². The van der Waals surface area contributed by atoms with E-state index in [1.165, 1.54) is 18.2 Å². The Labute approximate surface area is 170 Å². The molecule has 30 heavy (non-hydrogen) atoms. The molecule has 3 aromatic carbocycles. The molecule has 1 aromatic heterocycles. The number of rotatable bonds is 6. The number of esters is 1. The number of ether oxygens (including phenoxy) is 1. The third kappa shape index (κ3) is 3.97. The van der Waals surface area contributed by atoms with Crippen LogP contribution in [0.5, 0.6) is 0 Å². The Bertz CT molecular complexity index is 1280. The first-order chi connectivity index (χ1) is 14.5. The lowest BCUT2D eigenvalue weighted by atomic mass is 10.1. The maximum atomic E-state index is 12.2. The minimum Gasteiger partial charge on any atom is -0.456 e. The quantitative estimate of drug-likeness (QED) is 0.293. The van der Waals surface area contributed by atoms with Crippen molar-refractivity contribution in [3.8, 4) is 0 Å². The first-order valence-electron chi connectivity index (χ1n) is 9.10. The number of nitrogens with one attached hydrogen (secondary N) is 1. The number of hydrogen-bond donors (Lipinski definition) is 1. The third-order valence-corrected chi connectivity index (χ3v) is 4.55. The van der Waals surface area contributed by atoms with E-state index in [1.807, 2.05) is 24.3 Å². The van der Waals surface area contributed by atoms with E-state index in [1.54, 1.807) is 24.3 Å². The van der Waals surface area contributed by atoms with Gasteiger partial charge in [-0.3, -0.25) is 19.7 Å². The van der Waals surface area contributed by atoms with Crippen LogP contribution >= 0.6 is 0 Å². The number of nitro groups is 1. The molecule has 4 aromatic rings.